The Morgan fingerprint density at radius 1 is 1.28 bits per heavy atom. The summed E-state index contributed by atoms with van der Waals surface area (Å²) in [5.41, 5.74) is 0.985. The van der Waals surface area contributed by atoms with Crippen molar-refractivity contribution < 1.29 is 23.8 Å². The number of rotatable bonds is 5. The molecule has 2 aliphatic rings. The van der Waals surface area contributed by atoms with Crippen molar-refractivity contribution >= 4 is 17.6 Å². The van der Waals surface area contributed by atoms with Crippen LogP contribution >= 0.6 is 0 Å². The van der Waals surface area contributed by atoms with Crippen molar-refractivity contribution in [3.05, 3.63) is 29.8 Å². The predicted octanol–water partition coefficient (Wildman–Crippen LogP) is 1.64. The summed E-state index contributed by atoms with van der Waals surface area (Å²) in [5, 5.41) is 2.85. The lowest BCUT2D eigenvalue weighted by Gasteiger charge is -2.37. The lowest BCUT2D eigenvalue weighted by Crippen LogP contribution is -2.50. The maximum atomic E-state index is 12.4. The molecule has 0 bridgehead atoms. The highest BCUT2D eigenvalue weighted by atomic mass is 16.7. The second-order valence-electron chi connectivity index (χ2n) is 6.26. The molecule has 1 amide bonds. The van der Waals surface area contributed by atoms with Gasteiger partial charge in [-0.2, -0.15) is 0 Å². The van der Waals surface area contributed by atoms with Crippen LogP contribution in [0, 0.1) is 0 Å². The topological polar surface area (TPSA) is 77.1 Å². The maximum Gasteiger partial charge on any atom is 0.337 e. The highest BCUT2D eigenvalue weighted by molar-refractivity contribution is 5.95. The van der Waals surface area contributed by atoms with Crippen LogP contribution in [0.25, 0.3) is 0 Å². The van der Waals surface area contributed by atoms with Crippen molar-refractivity contribution in [2.45, 2.75) is 31.6 Å². The van der Waals surface area contributed by atoms with Crippen LogP contribution in [-0.4, -0.2) is 62.5 Å². The molecular weight excluding hydrogens is 324 g/mol. The minimum absolute atomic E-state index is 0.114. The van der Waals surface area contributed by atoms with Crippen LogP contribution in [0.2, 0.25) is 0 Å². The van der Waals surface area contributed by atoms with Crippen molar-refractivity contribution in [1.82, 2.24) is 4.90 Å². The van der Waals surface area contributed by atoms with Gasteiger partial charge in [-0.3, -0.25) is 9.69 Å². The lowest BCUT2D eigenvalue weighted by molar-refractivity contribution is -0.127. The number of amides is 1. The summed E-state index contributed by atoms with van der Waals surface area (Å²) in [6.07, 6.45) is 2.91. The maximum absolute atomic E-state index is 12.4. The molecule has 2 heterocycles. The molecule has 0 aliphatic carbocycles. The Balaban J connectivity index is 1.60. The summed E-state index contributed by atoms with van der Waals surface area (Å²) >= 11 is 0. The molecule has 0 radical (unpaired) electrons. The first-order valence-corrected chi connectivity index (χ1v) is 8.63. The number of likely N-dealkylation sites (tertiary alicyclic amines) is 1. The molecule has 0 aromatic heterocycles. The first kappa shape index (κ1) is 17.8. The fraction of sp³-hybridized carbons (Fsp3) is 0.556. The third kappa shape index (κ3) is 4.56. The highest BCUT2D eigenvalue weighted by Crippen LogP contribution is 2.24. The number of hydrogen-bond acceptors (Lipinski definition) is 6. The number of esters is 1. The number of carbonyl (C=O) groups excluding carboxylic acids is 2. The molecule has 7 heteroatoms. The molecule has 1 atom stereocenters. The van der Waals surface area contributed by atoms with Crippen molar-refractivity contribution in [3.63, 3.8) is 0 Å². The number of methoxy groups -OCH3 is 1. The summed E-state index contributed by atoms with van der Waals surface area (Å²) in [5.74, 6) is -0.547. The smallest absolute Gasteiger partial charge is 0.337 e. The summed E-state index contributed by atoms with van der Waals surface area (Å²) in [6.45, 7) is 2.35. The molecule has 1 aromatic carbocycles. The third-order valence-electron chi connectivity index (χ3n) is 4.54. The van der Waals surface area contributed by atoms with Crippen LogP contribution in [0.4, 0.5) is 5.69 Å². The summed E-state index contributed by atoms with van der Waals surface area (Å²) < 4.78 is 16.0. The Kier molecular flexibility index (Phi) is 6.01. The van der Waals surface area contributed by atoms with E-state index in [1.807, 2.05) is 0 Å². The van der Waals surface area contributed by atoms with Gasteiger partial charge >= 0.3 is 5.97 Å². The SMILES string of the molecule is COC(=O)c1cccc(NC(=O)CN2CCCC[C@@H]2C2OCCO2)c1. The standard InChI is InChI=1S/C18H24N2O5/c1-23-17(22)13-5-4-6-14(11-13)19-16(21)12-20-8-3-2-7-15(20)18-24-9-10-25-18/h4-6,11,15,18H,2-3,7-10,12H2,1H3,(H,19,21)/t15-/m1/s1. The largest absolute Gasteiger partial charge is 0.465 e. The van der Waals surface area contributed by atoms with Gasteiger partial charge in [0, 0.05) is 5.69 Å². The second-order valence-corrected chi connectivity index (χ2v) is 6.26. The number of nitrogens with zero attached hydrogens (tertiary/aromatic N) is 1. The second kappa shape index (κ2) is 8.42. The number of ether oxygens (including phenoxy) is 3. The molecule has 1 aromatic rings. The van der Waals surface area contributed by atoms with Crippen LogP contribution in [0.1, 0.15) is 29.6 Å². The molecule has 2 aliphatic heterocycles. The normalized spacial score (nSPS) is 21.9. The van der Waals surface area contributed by atoms with Gasteiger partial charge < -0.3 is 19.5 Å². The van der Waals surface area contributed by atoms with Crippen LogP contribution < -0.4 is 5.32 Å². The zero-order valence-corrected chi connectivity index (χ0v) is 14.4. The van der Waals surface area contributed by atoms with Crippen LogP contribution in [-0.2, 0) is 19.0 Å². The van der Waals surface area contributed by atoms with E-state index in [4.69, 9.17) is 14.2 Å². The minimum Gasteiger partial charge on any atom is -0.465 e. The van der Waals surface area contributed by atoms with E-state index in [9.17, 15) is 9.59 Å². The zero-order valence-electron chi connectivity index (χ0n) is 14.4. The molecule has 0 unspecified atom stereocenters. The van der Waals surface area contributed by atoms with Crippen LogP contribution in [0.5, 0.6) is 0 Å². The number of anilines is 1. The van der Waals surface area contributed by atoms with E-state index in [-0.39, 0.29) is 24.8 Å². The van der Waals surface area contributed by atoms with Gasteiger partial charge in [0.05, 0.1) is 38.5 Å². The Labute approximate surface area is 147 Å². The van der Waals surface area contributed by atoms with Gasteiger partial charge in [-0.05, 0) is 37.6 Å². The first-order valence-electron chi connectivity index (χ1n) is 8.63. The molecular formula is C18H24N2O5. The summed E-state index contributed by atoms with van der Waals surface area (Å²) in [7, 11) is 1.33. The summed E-state index contributed by atoms with van der Waals surface area (Å²) in [6, 6.07) is 6.84. The van der Waals surface area contributed by atoms with E-state index in [1.54, 1.807) is 24.3 Å². The van der Waals surface area contributed by atoms with Gasteiger partial charge in [-0.1, -0.05) is 12.5 Å². The van der Waals surface area contributed by atoms with Crippen LogP contribution in [0.3, 0.4) is 0 Å². The van der Waals surface area contributed by atoms with Gasteiger partial charge in [0.2, 0.25) is 5.91 Å². The molecule has 0 spiro atoms. The van der Waals surface area contributed by atoms with Gasteiger partial charge in [0.15, 0.2) is 6.29 Å². The van der Waals surface area contributed by atoms with E-state index in [1.165, 1.54) is 7.11 Å². The number of hydrogen-bond donors (Lipinski definition) is 1. The van der Waals surface area contributed by atoms with E-state index >= 15 is 0 Å². The number of carbonyl (C=O) groups is 2. The van der Waals surface area contributed by atoms with E-state index in [0.717, 1.165) is 25.8 Å². The number of benzene rings is 1. The highest BCUT2D eigenvalue weighted by Gasteiger charge is 2.34. The van der Waals surface area contributed by atoms with Gasteiger partial charge in [-0.15, -0.1) is 0 Å². The van der Waals surface area contributed by atoms with Crippen molar-refractivity contribution in [2.75, 3.05) is 38.7 Å². The molecule has 2 saturated heterocycles. The van der Waals surface area contributed by atoms with Crippen molar-refractivity contribution in [1.29, 1.82) is 0 Å². The first-order chi connectivity index (χ1) is 12.2. The van der Waals surface area contributed by atoms with Gasteiger partial charge in [-0.25, -0.2) is 4.79 Å². The zero-order chi connectivity index (χ0) is 17.6. The van der Waals surface area contributed by atoms with Gasteiger partial charge in [0.1, 0.15) is 0 Å². The third-order valence-corrected chi connectivity index (χ3v) is 4.54. The average molecular weight is 348 g/mol. The van der Waals surface area contributed by atoms with Crippen LogP contribution in [0.15, 0.2) is 24.3 Å². The molecule has 1 N–H and O–H groups in total. The Morgan fingerprint density at radius 3 is 2.84 bits per heavy atom. The quantitative estimate of drug-likeness (QED) is 0.815. The predicted molar refractivity (Wildman–Crippen MR) is 91.3 cm³/mol. The summed E-state index contributed by atoms with van der Waals surface area (Å²) in [4.78, 5) is 26.2. The molecule has 2 fully saturated rings. The molecule has 25 heavy (non-hydrogen) atoms. The fourth-order valence-corrected chi connectivity index (χ4v) is 3.35. The lowest BCUT2D eigenvalue weighted by atomic mass is 10.0. The van der Waals surface area contributed by atoms with E-state index < -0.39 is 5.97 Å². The molecule has 7 nitrogen and oxygen atoms in total. The van der Waals surface area contributed by atoms with E-state index in [2.05, 4.69) is 10.2 Å². The molecule has 136 valence electrons. The Hall–Kier alpha value is -1.96. The molecule has 3 rings (SSSR count). The molecule has 0 saturated carbocycles. The van der Waals surface area contributed by atoms with Crippen molar-refractivity contribution in [2.24, 2.45) is 0 Å². The number of piperidine rings is 1. The fourth-order valence-electron chi connectivity index (χ4n) is 3.35. The van der Waals surface area contributed by atoms with Gasteiger partial charge in [0.25, 0.3) is 0 Å². The average Bonchev–Trinajstić information content (AvgIpc) is 3.16. The van der Waals surface area contributed by atoms with E-state index in [0.29, 0.717) is 24.5 Å². The number of nitrogens with one attached hydrogen (secondary N) is 1. The van der Waals surface area contributed by atoms with Crippen molar-refractivity contribution in [3.8, 4) is 0 Å². The Bertz CT molecular complexity index is 615. The minimum atomic E-state index is -0.428. The Morgan fingerprint density at radius 2 is 2.08 bits per heavy atom. The monoisotopic (exact) mass is 348 g/mol.